The van der Waals surface area contributed by atoms with Crippen molar-refractivity contribution in [2.75, 3.05) is 88.8 Å². The van der Waals surface area contributed by atoms with E-state index in [9.17, 15) is 14.3 Å². The number of nitriles is 1. The van der Waals surface area contributed by atoms with Crippen molar-refractivity contribution in [1.29, 1.82) is 5.26 Å². The first-order valence-corrected chi connectivity index (χ1v) is 17.1. The molecule has 0 saturated heterocycles. The number of benzene rings is 1. The van der Waals surface area contributed by atoms with Crippen LogP contribution >= 0.6 is 0 Å². The zero-order valence-electron chi connectivity index (χ0n) is 29.0. The largest absolute Gasteiger partial charge is 0.475 e. The molecule has 2 rings (SSSR count). The molecule has 0 spiro atoms. The van der Waals surface area contributed by atoms with Gasteiger partial charge in [-0.2, -0.15) is 10.4 Å². The van der Waals surface area contributed by atoms with Crippen molar-refractivity contribution >= 4 is 34.5 Å². The third-order valence-corrected chi connectivity index (χ3v) is 7.02. The number of allylic oxidation sites excluding steroid dienone is 1. The van der Waals surface area contributed by atoms with E-state index in [1.807, 2.05) is 19.1 Å². The molecule has 0 bridgehead atoms. The molecule has 2 aromatic rings. The molecule has 15 nitrogen and oxygen atoms in total. The van der Waals surface area contributed by atoms with E-state index in [0.29, 0.717) is 99.5 Å². The number of amides is 1. The number of carbonyl (C=O) groups excluding carboxylic acids is 1. The minimum absolute atomic E-state index is 0.261. The summed E-state index contributed by atoms with van der Waals surface area (Å²) in [4.78, 5) is 15.7. The molecule has 1 amide bonds. The first-order valence-electron chi connectivity index (χ1n) is 15.8. The van der Waals surface area contributed by atoms with Crippen LogP contribution in [0.25, 0.3) is 11.3 Å². The van der Waals surface area contributed by atoms with Gasteiger partial charge < -0.3 is 43.8 Å². The molecule has 1 aromatic carbocycles. The van der Waals surface area contributed by atoms with E-state index in [-0.39, 0.29) is 6.61 Å². The lowest BCUT2D eigenvalue weighted by Crippen LogP contribution is -2.34. The van der Waals surface area contributed by atoms with Crippen molar-refractivity contribution in [3.05, 3.63) is 54.3 Å². The minimum atomic E-state index is -1.15. The molecule has 0 saturated carbocycles. The van der Waals surface area contributed by atoms with Gasteiger partial charge in [0.05, 0.1) is 58.5 Å². The van der Waals surface area contributed by atoms with Gasteiger partial charge in [-0.25, -0.2) is 9.00 Å². The van der Waals surface area contributed by atoms with E-state index >= 15 is 0 Å². The number of nitrogens with zero attached hydrogens (tertiary/aromatic N) is 3. The number of H-pyrrole nitrogens is 1. The number of aliphatic imine (C=N–C) groups is 1. The highest BCUT2D eigenvalue weighted by molar-refractivity contribution is 7.86. The van der Waals surface area contributed by atoms with Crippen LogP contribution in [0.3, 0.4) is 0 Å². The fourth-order valence-electron chi connectivity index (χ4n) is 3.75. The molecule has 270 valence electrons. The Bertz CT molecular complexity index is 1420. The van der Waals surface area contributed by atoms with Crippen molar-refractivity contribution in [3.63, 3.8) is 0 Å². The number of nitrogens with one attached hydrogen (secondary N) is 4. The second-order valence-electron chi connectivity index (χ2n) is 11.0. The van der Waals surface area contributed by atoms with E-state index < -0.39 is 22.7 Å². The molecule has 1 heterocycles. The normalized spacial score (nSPS) is 12.6. The number of rotatable bonds is 23. The summed E-state index contributed by atoms with van der Waals surface area (Å²) in [6, 6.07) is 9.40. The molecule has 4 N–H and O–H groups in total. The van der Waals surface area contributed by atoms with Crippen molar-refractivity contribution < 1.29 is 37.4 Å². The summed E-state index contributed by atoms with van der Waals surface area (Å²) in [6.07, 6.45) is 2.74. The van der Waals surface area contributed by atoms with Crippen LogP contribution in [0.2, 0.25) is 0 Å². The Labute approximate surface area is 291 Å². The average Bonchev–Trinajstić information content (AvgIpc) is 3.48. The Morgan fingerprint density at radius 1 is 1.02 bits per heavy atom. The van der Waals surface area contributed by atoms with E-state index in [2.05, 4.69) is 43.2 Å². The molecule has 1 unspecified atom stereocenters. The zero-order chi connectivity index (χ0) is 35.9. The summed E-state index contributed by atoms with van der Waals surface area (Å²) < 4.78 is 47.4. The predicted octanol–water partition coefficient (Wildman–Crippen LogP) is 4.16. The number of hydrogen-bond donors (Lipinski definition) is 4. The lowest BCUT2D eigenvalue weighted by Gasteiger charge is -2.19. The maximum Gasteiger partial charge on any atom is 0.407 e. The van der Waals surface area contributed by atoms with Gasteiger partial charge in [0.25, 0.3) is 0 Å². The smallest absolute Gasteiger partial charge is 0.407 e. The van der Waals surface area contributed by atoms with Gasteiger partial charge in [-0.3, -0.25) is 10.1 Å². The van der Waals surface area contributed by atoms with Gasteiger partial charge in [0, 0.05) is 42.4 Å². The molecule has 0 aliphatic carbocycles. The number of aromatic nitrogens is 2. The SMILES string of the molecule is C=C/C(=C\C(=NC)OCCOCCOCCOCCOCCNC(=O)OC(C)(C)C)Nc1n[nH]c(-c2ccc(NS(=O)CC)cc2)c1C#N. The summed E-state index contributed by atoms with van der Waals surface area (Å²) in [5.74, 6) is 1.15. The summed E-state index contributed by atoms with van der Waals surface area (Å²) >= 11 is 0. The number of aromatic amines is 1. The molecule has 0 radical (unpaired) electrons. The molecule has 16 heteroatoms. The number of carbonyl (C=O) groups is 1. The van der Waals surface area contributed by atoms with Gasteiger partial charge in [0.15, 0.2) is 5.82 Å². The number of anilines is 2. The van der Waals surface area contributed by atoms with Crippen LogP contribution in [0, 0.1) is 11.3 Å². The second-order valence-corrected chi connectivity index (χ2v) is 12.4. The van der Waals surface area contributed by atoms with E-state index in [1.165, 1.54) is 0 Å². The lowest BCUT2D eigenvalue weighted by molar-refractivity contribution is -0.00491. The average molecular weight is 704 g/mol. The van der Waals surface area contributed by atoms with E-state index in [1.54, 1.807) is 52.1 Å². The van der Waals surface area contributed by atoms with Gasteiger partial charge in [-0.15, -0.1) is 0 Å². The number of alkyl carbamates (subject to hydrolysis) is 1. The third kappa shape index (κ3) is 17.1. The first kappa shape index (κ1) is 40.9. The second kappa shape index (κ2) is 23.1. The van der Waals surface area contributed by atoms with Gasteiger partial charge in [-0.1, -0.05) is 25.6 Å². The highest BCUT2D eigenvalue weighted by atomic mass is 32.2. The molecule has 0 fully saturated rings. The summed E-state index contributed by atoms with van der Waals surface area (Å²) in [5.41, 5.74) is 2.31. The molecular formula is C33H49N7O8S. The predicted molar refractivity (Wildman–Crippen MR) is 190 cm³/mol. The minimum Gasteiger partial charge on any atom is -0.475 e. The van der Waals surface area contributed by atoms with Crippen LogP contribution in [0.1, 0.15) is 33.3 Å². The van der Waals surface area contributed by atoms with Crippen LogP contribution in [-0.4, -0.2) is 111 Å². The quantitative estimate of drug-likeness (QED) is 0.0563. The Kier molecular flexibility index (Phi) is 19.3. The van der Waals surface area contributed by atoms with Crippen molar-refractivity contribution in [3.8, 4) is 17.3 Å². The lowest BCUT2D eigenvalue weighted by atomic mass is 10.1. The monoisotopic (exact) mass is 703 g/mol. The Morgan fingerprint density at radius 2 is 1.61 bits per heavy atom. The number of ether oxygens (including phenoxy) is 6. The van der Waals surface area contributed by atoms with Gasteiger partial charge in [0.2, 0.25) is 5.90 Å². The standard InChI is InChI=1S/C33H49N7O8S/c1-7-26(37-31-28(24-34)30(38-39-31)25-9-11-27(12-10-25)40-49(42)8-2)23-29(35-6)47-22-21-46-20-19-45-18-17-44-16-15-43-14-13-36-32(41)48-33(3,4)5/h7,9-12,23,40H,1,8,13-22H2,2-6H3,(H,36,41)(H2,37,38,39)/b26-23+,35-29?. The maximum absolute atomic E-state index is 11.8. The Balaban J connectivity index is 1.61. The van der Waals surface area contributed by atoms with Crippen LogP contribution in [0.15, 0.2) is 53.7 Å². The highest BCUT2D eigenvalue weighted by Gasteiger charge is 2.16. The number of hydrogen-bond acceptors (Lipinski definition) is 12. The van der Waals surface area contributed by atoms with E-state index in [4.69, 9.17) is 28.4 Å². The Morgan fingerprint density at radius 3 is 2.14 bits per heavy atom. The summed E-state index contributed by atoms with van der Waals surface area (Å²) in [5, 5.41) is 22.8. The van der Waals surface area contributed by atoms with Gasteiger partial charge in [0.1, 0.15) is 34.8 Å². The molecule has 49 heavy (non-hydrogen) atoms. The molecule has 0 aliphatic rings. The molecule has 1 aromatic heterocycles. The van der Waals surface area contributed by atoms with Crippen LogP contribution in [-0.2, 0) is 39.4 Å². The van der Waals surface area contributed by atoms with E-state index in [0.717, 1.165) is 5.56 Å². The van der Waals surface area contributed by atoms with Crippen molar-refractivity contribution in [1.82, 2.24) is 15.5 Å². The summed E-state index contributed by atoms with van der Waals surface area (Å²) in [6.45, 7) is 14.9. The Hall–Kier alpha value is -4.27. The fourth-order valence-corrected chi connectivity index (χ4v) is 4.30. The van der Waals surface area contributed by atoms with Gasteiger partial charge >= 0.3 is 6.09 Å². The molecular weight excluding hydrogens is 654 g/mol. The topological polar surface area (TPSA) is 190 Å². The van der Waals surface area contributed by atoms with Crippen LogP contribution < -0.4 is 15.4 Å². The maximum atomic E-state index is 11.8. The van der Waals surface area contributed by atoms with Crippen LogP contribution in [0.5, 0.6) is 0 Å². The van der Waals surface area contributed by atoms with Crippen molar-refractivity contribution in [2.45, 2.75) is 33.3 Å². The highest BCUT2D eigenvalue weighted by Crippen LogP contribution is 2.28. The molecule has 0 aliphatic heterocycles. The zero-order valence-corrected chi connectivity index (χ0v) is 29.8. The van der Waals surface area contributed by atoms with Crippen molar-refractivity contribution in [2.24, 2.45) is 4.99 Å². The molecule has 1 atom stereocenters. The van der Waals surface area contributed by atoms with Gasteiger partial charge in [-0.05, 0) is 39.0 Å². The summed E-state index contributed by atoms with van der Waals surface area (Å²) in [7, 11) is 0.448. The fraction of sp³-hybridized carbons (Fsp3) is 0.515. The van der Waals surface area contributed by atoms with Crippen LogP contribution in [0.4, 0.5) is 16.3 Å². The first-order chi connectivity index (χ1) is 23.6. The third-order valence-electron chi connectivity index (χ3n) is 6.04.